The lowest BCUT2D eigenvalue weighted by atomic mass is 10.00. The Kier molecular flexibility index (Phi) is 9.01. The molecule has 0 bridgehead atoms. The van der Waals surface area contributed by atoms with Crippen molar-refractivity contribution in [1.29, 1.82) is 0 Å². The number of halogens is 2. The summed E-state index contributed by atoms with van der Waals surface area (Å²) in [6.45, 7) is 4.65. The number of nitrogens with zero attached hydrogens (tertiary/aromatic N) is 4. The summed E-state index contributed by atoms with van der Waals surface area (Å²) < 4.78 is 0. The van der Waals surface area contributed by atoms with E-state index in [1.165, 1.54) is 5.01 Å². The van der Waals surface area contributed by atoms with E-state index in [-0.39, 0.29) is 56.2 Å². The number of benzene rings is 3. The molecule has 3 aromatic rings. The molecular weight excluding hydrogens is 577 g/mol. The van der Waals surface area contributed by atoms with Crippen LogP contribution in [-0.4, -0.2) is 74.6 Å². The molecule has 2 heterocycles. The van der Waals surface area contributed by atoms with Crippen molar-refractivity contribution in [3.05, 3.63) is 112 Å². The molecule has 11 heteroatoms. The quantitative estimate of drug-likeness (QED) is 0.351. The predicted octanol–water partition coefficient (Wildman–Crippen LogP) is 4.44. The monoisotopic (exact) mass is 607 g/mol. The molecule has 0 spiro atoms. The normalized spacial score (nSPS) is 18.6. The van der Waals surface area contributed by atoms with Gasteiger partial charge in [0.25, 0.3) is 0 Å². The Labute approximate surface area is 254 Å². The first kappa shape index (κ1) is 29.4. The average Bonchev–Trinajstić information content (AvgIpc) is 3.31. The molecule has 3 aromatic carbocycles. The lowest BCUT2D eigenvalue weighted by molar-refractivity contribution is -0.157. The van der Waals surface area contributed by atoms with Crippen LogP contribution in [0.3, 0.4) is 0 Å². The van der Waals surface area contributed by atoms with Gasteiger partial charge in [0.2, 0.25) is 11.8 Å². The number of hydrazine groups is 1. The summed E-state index contributed by atoms with van der Waals surface area (Å²) in [6, 6.07) is 20.1. The van der Waals surface area contributed by atoms with Gasteiger partial charge in [-0.3, -0.25) is 14.6 Å². The van der Waals surface area contributed by atoms with Crippen molar-refractivity contribution in [2.24, 2.45) is 0 Å². The average molecular weight is 609 g/mol. The van der Waals surface area contributed by atoms with Crippen molar-refractivity contribution < 1.29 is 19.5 Å². The molecule has 42 heavy (non-hydrogen) atoms. The highest BCUT2D eigenvalue weighted by Gasteiger charge is 2.52. The summed E-state index contributed by atoms with van der Waals surface area (Å²) in [5.41, 5.74) is 2.51. The summed E-state index contributed by atoms with van der Waals surface area (Å²) in [6.07, 6.45) is 1.25. The zero-order chi connectivity index (χ0) is 29.8. The number of piperazine rings is 1. The van der Waals surface area contributed by atoms with Crippen LogP contribution in [0.25, 0.3) is 0 Å². The SMILES string of the molecule is C=CCN(C(=O)NCc1ccccc1)N1CC(=O)N2[C@@H](Cc3ccc(O)cc3)C(=O)N(Cc3ccc(Cl)c(Cl)c3)C[C@@H]21. The molecule has 4 amide bonds. The van der Waals surface area contributed by atoms with Crippen LogP contribution in [-0.2, 0) is 29.1 Å². The number of hydrogen-bond acceptors (Lipinski definition) is 5. The van der Waals surface area contributed by atoms with Gasteiger partial charge >= 0.3 is 6.03 Å². The fourth-order valence-corrected chi connectivity index (χ4v) is 5.72. The van der Waals surface area contributed by atoms with E-state index in [0.717, 1.165) is 16.7 Å². The molecule has 2 aliphatic rings. The van der Waals surface area contributed by atoms with Crippen LogP contribution in [0.1, 0.15) is 16.7 Å². The van der Waals surface area contributed by atoms with Gasteiger partial charge in [0.1, 0.15) is 18.0 Å². The first-order valence-electron chi connectivity index (χ1n) is 13.5. The Morgan fingerprint density at radius 2 is 1.71 bits per heavy atom. The van der Waals surface area contributed by atoms with Crippen LogP contribution < -0.4 is 5.32 Å². The van der Waals surface area contributed by atoms with E-state index in [1.54, 1.807) is 57.3 Å². The Bertz CT molecular complexity index is 1470. The molecule has 2 fully saturated rings. The van der Waals surface area contributed by atoms with E-state index in [0.29, 0.717) is 16.6 Å². The van der Waals surface area contributed by atoms with Gasteiger partial charge in [-0.1, -0.05) is 77.8 Å². The Morgan fingerprint density at radius 1 is 1.00 bits per heavy atom. The van der Waals surface area contributed by atoms with Gasteiger partial charge in [0.05, 0.1) is 29.7 Å². The van der Waals surface area contributed by atoms with Crippen molar-refractivity contribution in [2.75, 3.05) is 19.6 Å². The minimum atomic E-state index is -0.813. The highest BCUT2D eigenvalue weighted by molar-refractivity contribution is 6.42. The third kappa shape index (κ3) is 6.38. The van der Waals surface area contributed by atoms with Crippen LogP contribution in [0.2, 0.25) is 10.0 Å². The molecule has 9 nitrogen and oxygen atoms in total. The highest BCUT2D eigenvalue weighted by atomic mass is 35.5. The van der Waals surface area contributed by atoms with Crippen molar-refractivity contribution in [2.45, 2.75) is 31.7 Å². The molecule has 218 valence electrons. The van der Waals surface area contributed by atoms with Crippen LogP contribution in [0.5, 0.6) is 5.75 Å². The second-order valence-corrected chi connectivity index (χ2v) is 11.1. The largest absolute Gasteiger partial charge is 0.508 e. The van der Waals surface area contributed by atoms with Crippen molar-refractivity contribution in [3.8, 4) is 5.75 Å². The number of carbonyl (C=O) groups excluding carboxylic acids is 3. The smallest absolute Gasteiger partial charge is 0.332 e. The number of amides is 4. The third-order valence-electron chi connectivity index (χ3n) is 7.42. The van der Waals surface area contributed by atoms with Gasteiger partial charge in [0.15, 0.2) is 0 Å². The molecule has 2 N–H and O–H groups in total. The number of hydrogen-bond donors (Lipinski definition) is 2. The fourth-order valence-electron chi connectivity index (χ4n) is 5.40. The van der Waals surface area contributed by atoms with Crippen molar-refractivity contribution >= 4 is 41.0 Å². The number of aromatic hydroxyl groups is 1. The molecule has 2 aliphatic heterocycles. The van der Waals surface area contributed by atoms with Gasteiger partial charge < -0.3 is 20.2 Å². The van der Waals surface area contributed by atoms with Crippen LogP contribution in [0, 0.1) is 0 Å². The minimum absolute atomic E-state index is 0.0722. The number of phenolic OH excluding ortho intramolecular Hbond substituents is 1. The summed E-state index contributed by atoms with van der Waals surface area (Å²) in [5, 5.41) is 16.7. The Hall–Kier alpha value is -4.05. The lowest BCUT2D eigenvalue weighted by Gasteiger charge is -2.46. The topological polar surface area (TPSA) is 96.4 Å². The van der Waals surface area contributed by atoms with Crippen LogP contribution in [0.15, 0.2) is 85.5 Å². The molecule has 0 radical (unpaired) electrons. The molecular formula is C31H31Cl2N5O4. The Balaban J connectivity index is 1.44. The fraction of sp³-hybridized carbons (Fsp3) is 0.258. The number of phenols is 1. The van der Waals surface area contributed by atoms with Crippen molar-refractivity contribution in [1.82, 2.24) is 25.1 Å². The van der Waals surface area contributed by atoms with Gasteiger partial charge in [-0.2, -0.15) is 5.01 Å². The van der Waals surface area contributed by atoms with E-state index in [4.69, 9.17) is 23.2 Å². The van der Waals surface area contributed by atoms with Crippen LogP contribution >= 0.6 is 23.2 Å². The Morgan fingerprint density at radius 3 is 2.40 bits per heavy atom. The van der Waals surface area contributed by atoms with Crippen LogP contribution in [0.4, 0.5) is 4.79 Å². The van der Waals surface area contributed by atoms with E-state index >= 15 is 0 Å². The first-order valence-corrected chi connectivity index (χ1v) is 14.3. The summed E-state index contributed by atoms with van der Waals surface area (Å²) in [4.78, 5) is 44.2. The number of nitrogens with one attached hydrogen (secondary N) is 1. The second kappa shape index (κ2) is 12.9. The molecule has 0 unspecified atom stereocenters. The van der Waals surface area contributed by atoms with Gasteiger partial charge in [-0.15, -0.1) is 6.58 Å². The molecule has 0 saturated carbocycles. The van der Waals surface area contributed by atoms with E-state index < -0.39 is 12.2 Å². The molecule has 5 rings (SSSR count). The second-order valence-electron chi connectivity index (χ2n) is 10.2. The highest BCUT2D eigenvalue weighted by Crippen LogP contribution is 2.31. The van der Waals surface area contributed by atoms with E-state index in [9.17, 15) is 19.5 Å². The van der Waals surface area contributed by atoms with E-state index in [2.05, 4.69) is 11.9 Å². The number of rotatable bonds is 9. The van der Waals surface area contributed by atoms with Crippen molar-refractivity contribution in [3.63, 3.8) is 0 Å². The maximum atomic E-state index is 13.9. The standard InChI is InChI=1S/C31H31Cl2N5O4/c1-2-14-36(31(42)34-17-22-6-4-3-5-7-22)37-20-29(40)38-27(16-21-8-11-24(39)12-9-21)30(41)35(19-28(37)38)18-23-10-13-25(32)26(33)15-23/h2-13,15,27-28,39H,1,14,16-20H2,(H,34,42)/t27-,28+/m0/s1. The summed E-state index contributed by atoms with van der Waals surface area (Å²) >= 11 is 12.4. The maximum absolute atomic E-state index is 13.9. The lowest BCUT2D eigenvalue weighted by Crippen LogP contribution is -2.66. The van der Waals surface area contributed by atoms with Gasteiger partial charge in [-0.25, -0.2) is 4.79 Å². The number of carbonyl (C=O) groups is 3. The number of fused-ring (bicyclic) bond motifs is 1. The maximum Gasteiger partial charge on any atom is 0.332 e. The molecule has 2 saturated heterocycles. The minimum Gasteiger partial charge on any atom is -0.508 e. The zero-order valence-electron chi connectivity index (χ0n) is 22.8. The van der Waals surface area contributed by atoms with E-state index in [1.807, 2.05) is 36.4 Å². The third-order valence-corrected chi connectivity index (χ3v) is 8.16. The zero-order valence-corrected chi connectivity index (χ0v) is 24.3. The summed E-state index contributed by atoms with van der Waals surface area (Å²) in [7, 11) is 0. The van der Waals surface area contributed by atoms with Gasteiger partial charge in [0, 0.05) is 19.5 Å². The van der Waals surface area contributed by atoms with Gasteiger partial charge in [-0.05, 0) is 41.0 Å². The molecule has 2 atom stereocenters. The molecule has 0 aliphatic carbocycles. The predicted molar refractivity (Wildman–Crippen MR) is 160 cm³/mol. The molecule has 0 aromatic heterocycles. The first-order chi connectivity index (χ1) is 20.2. The summed E-state index contributed by atoms with van der Waals surface area (Å²) in [5.74, 6) is -0.363. The number of urea groups is 1.